The van der Waals surface area contributed by atoms with Crippen LogP contribution in [0.4, 0.5) is 0 Å². The molecular weight excluding hydrogens is 815 g/mol. The third-order valence-electron chi connectivity index (χ3n) is 13.4. The van der Waals surface area contributed by atoms with Crippen LogP contribution in [-0.2, 0) is 14.3 Å². The van der Waals surface area contributed by atoms with Gasteiger partial charge in [-0.25, -0.2) is 0 Å². The van der Waals surface area contributed by atoms with Crippen molar-refractivity contribution in [3.05, 3.63) is 36.5 Å². The number of hydrogen-bond acceptors (Lipinski definition) is 5. The topological polar surface area (TPSA) is 95.9 Å². The second-order valence-electron chi connectivity index (χ2n) is 20.0. The number of amides is 1. The molecule has 3 N–H and O–H groups in total. The number of aliphatic hydroxyl groups excluding tert-OH is 2. The Hall–Kier alpha value is -1.92. The highest BCUT2D eigenvalue weighted by molar-refractivity contribution is 5.76. The van der Waals surface area contributed by atoms with Crippen LogP contribution < -0.4 is 5.32 Å². The van der Waals surface area contributed by atoms with E-state index >= 15 is 0 Å². The van der Waals surface area contributed by atoms with E-state index in [0.717, 1.165) is 51.4 Å². The number of aliphatic hydroxyl groups is 2. The summed E-state index contributed by atoms with van der Waals surface area (Å²) in [6, 6.07) is -0.630. The molecule has 0 aromatic carbocycles. The van der Waals surface area contributed by atoms with E-state index in [0.29, 0.717) is 19.4 Å². The predicted molar refractivity (Wildman–Crippen MR) is 287 cm³/mol. The first kappa shape index (κ1) is 64.1. The standard InChI is InChI=1S/C60H113NO5/c1-3-5-7-9-11-13-15-17-24-28-32-36-40-44-48-52-58(63)57(56-62)61-59(64)53-49-45-41-37-33-29-26-22-20-19-21-23-27-31-35-39-43-47-51-55-66-60(65)54-50-46-42-38-34-30-25-18-16-14-12-10-8-6-4-2/h12,14,18,25,48,52,57-58,62-63H,3-11,13,15-17,19-24,26-47,49-51,53-56H2,1-2H3,(H,61,64)/b14-12-,25-18-,52-48+. The van der Waals surface area contributed by atoms with Gasteiger partial charge < -0.3 is 20.3 Å². The number of nitrogens with one attached hydrogen (secondary N) is 1. The Morgan fingerprint density at radius 1 is 0.424 bits per heavy atom. The van der Waals surface area contributed by atoms with Gasteiger partial charge in [-0.15, -0.1) is 0 Å². The average molecular weight is 929 g/mol. The van der Waals surface area contributed by atoms with Crippen molar-refractivity contribution >= 4 is 11.9 Å². The van der Waals surface area contributed by atoms with E-state index in [1.807, 2.05) is 6.08 Å². The molecular formula is C60H113NO5. The second-order valence-corrected chi connectivity index (χ2v) is 20.0. The smallest absolute Gasteiger partial charge is 0.305 e. The van der Waals surface area contributed by atoms with Gasteiger partial charge in [0.05, 0.1) is 25.4 Å². The number of carbonyl (C=O) groups excluding carboxylic acids is 2. The lowest BCUT2D eigenvalue weighted by molar-refractivity contribution is -0.143. The van der Waals surface area contributed by atoms with Crippen molar-refractivity contribution < 1.29 is 24.5 Å². The summed E-state index contributed by atoms with van der Waals surface area (Å²) >= 11 is 0. The number of ether oxygens (including phenoxy) is 1. The van der Waals surface area contributed by atoms with Crippen LogP contribution in [0.2, 0.25) is 0 Å². The fourth-order valence-electron chi connectivity index (χ4n) is 8.90. The zero-order chi connectivity index (χ0) is 47.9. The van der Waals surface area contributed by atoms with Gasteiger partial charge in [-0.3, -0.25) is 9.59 Å². The summed E-state index contributed by atoms with van der Waals surface area (Å²) in [6.45, 7) is 4.87. The molecule has 0 fully saturated rings. The molecule has 66 heavy (non-hydrogen) atoms. The molecule has 0 bridgehead atoms. The monoisotopic (exact) mass is 928 g/mol. The van der Waals surface area contributed by atoms with Crippen molar-refractivity contribution in [1.82, 2.24) is 5.32 Å². The van der Waals surface area contributed by atoms with Crippen LogP contribution in [0.5, 0.6) is 0 Å². The van der Waals surface area contributed by atoms with Crippen molar-refractivity contribution in [2.75, 3.05) is 13.2 Å². The molecule has 388 valence electrons. The van der Waals surface area contributed by atoms with Gasteiger partial charge in [0.25, 0.3) is 0 Å². The third-order valence-corrected chi connectivity index (χ3v) is 13.4. The molecule has 0 aliphatic carbocycles. The third kappa shape index (κ3) is 51.5. The summed E-state index contributed by atoms with van der Waals surface area (Å²) in [5.41, 5.74) is 0. The van der Waals surface area contributed by atoms with Crippen LogP contribution in [0, 0.1) is 0 Å². The van der Waals surface area contributed by atoms with Crippen LogP contribution in [0.3, 0.4) is 0 Å². The van der Waals surface area contributed by atoms with Crippen molar-refractivity contribution in [1.29, 1.82) is 0 Å². The Kier molecular flexibility index (Phi) is 54.1. The van der Waals surface area contributed by atoms with E-state index in [4.69, 9.17) is 4.74 Å². The summed E-state index contributed by atoms with van der Waals surface area (Å²) in [5, 5.41) is 23.1. The lowest BCUT2D eigenvalue weighted by Crippen LogP contribution is -2.45. The van der Waals surface area contributed by atoms with Crippen LogP contribution in [0.15, 0.2) is 36.5 Å². The summed E-state index contributed by atoms with van der Waals surface area (Å²) in [7, 11) is 0. The maximum absolute atomic E-state index is 12.5. The maximum atomic E-state index is 12.5. The number of allylic oxidation sites excluding steroid dienone is 5. The first-order chi connectivity index (χ1) is 32.5. The summed E-state index contributed by atoms with van der Waals surface area (Å²) in [4.78, 5) is 24.5. The van der Waals surface area contributed by atoms with Gasteiger partial charge in [0.15, 0.2) is 0 Å². The number of hydrogen-bond donors (Lipinski definition) is 3. The highest BCUT2D eigenvalue weighted by Crippen LogP contribution is 2.17. The van der Waals surface area contributed by atoms with Gasteiger partial charge in [0.1, 0.15) is 0 Å². The summed E-state index contributed by atoms with van der Waals surface area (Å²) in [5.74, 6) is -0.0763. The maximum Gasteiger partial charge on any atom is 0.305 e. The number of unbranched alkanes of at least 4 members (excludes halogenated alkanes) is 39. The van der Waals surface area contributed by atoms with Crippen molar-refractivity contribution in [2.45, 2.75) is 321 Å². The van der Waals surface area contributed by atoms with Gasteiger partial charge >= 0.3 is 5.97 Å². The molecule has 2 unspecified atom stereocenters. The van der Waals surface area contributed by atoms with Crippen LogP contribution >= 0.6 is 0 Å². The first-order valence-corrected chi connectivity index (χ1v) is 29.3. The van der Waals surface area contributed by atoms with Gasteiger partial charge in [-0.05, 0) is 64.2 Å². The van der Waals surface area contributed by atoms with Gasteiger partial charge in [-0.1, -0.05) is 269 Å². The lowest BCUT2D eigenvalue weighted by Gasteiger charge is -2.20. The van der Waals surface area contributed by atoms with E-state index in [2.05, 4.69) is 43.5 Å². The Labute approximate surface area is 411 Å². The number of esters is 1. The van der Waals surface area contributed by atoms with Gasteiger partial charge in [-0.2, -0.15) is 0 Å². The van der Waals surface area contributed by atoms with E-state index in [-0.39, 0.29) is 18.5 Å². The van der Waals surface area contributed by atoms with E-state index < -0.39 is 12.1 Å². The van der Waals surface area contributed by atoms with E-state index in [1.165, 1.54) is 231 Å². The van der Waals surface area contributed by atoms with Crippen LogP contribution in [0.1, 0.15) is 309 Å². The Bertz CT molecular complexity index is 1070. The van der Waals surface area contributed by atoms with Crippen molar-refractivity contribution in [2.24, 2.45) is 0 Å². The molecule has 6 heteroatoms. The molecule has 0 rings (SSSR count). The average Bonchev–Trinajstić information content (AvgIpc) is 3.32. The second kappa shape index (κ2) is 55.7. The molecule has 0 aliphatic heterocycles. The summed E-state index contributed by atoms with van der Waals surface area (Å²) < 4.78 is 5.47. The zero-order valence-electron chi connectivity index (χ0n) is 44.2. The molecule has 2 atom stereocenters. The Morgan fingerprint density at radius 3 is 1.18 bits per heavy atom. The van der Waals surface area contributed by atoms with Gasteiger partial charge in [0, 0.05) is 12.8 Å². The van der Waals surface area contributed by atoms with Crippen LogP contribution in [0.25, 0.3) is 0 Å². The normalized spacial score (nSPS) is 12.8. The molecule has 0 radical (unpaired) electrons. The minimum atomic E-state index is -0.847. The van der Waals surface area contributed by atoms with E-state index in [9.17, 15) is 19.8 Å². The molecule has 6 nitrogen and oxygen atoms in total. The molecule has 0 spiro atoms. The fourth-order valence-corrected chi connectivity index (χ4v) is 8.90. The van der Waals surface area contributed by atoms with Crippen molar-refractivity contribution in [3.63, 3.8) is 0 Å². The minimum Gasteiger partial charge on any atom is -0.466 e. The predicted octanol–water partition coefficient (Wildman–Crippen LogP) is 18.0. The number of rotatable bonds is 54. The van der Waals surface area contributed by atoms with E-state index in [1.54, 1.807) is 6.08 Å². The Morgan fingerprint density at radius 2 is 0.758 bits per heavy atom. The number of carbonyl (C=O) groups is 2. The Balaban J connectivity index is 3.43. The lowest BCUT2D eigenvalue weighted by atomic mass is 10.0. The van der Waals surface area contributed by atoms with Crippen LogP contribution in [-0.4, -0.2) is 47.4 Å². The minimum absolute atomic E-state index is 0.00585. The molecule has 0 saturated carbocycles. The largest absolute Gasteiger partial charge is 0.466 e. The molecule has 0 aliphatic rings. The highest BCUT2D eigenvalue weighted by Gasteiger charge is 2.18. The first-order valence-electron chi connectivity index (χ1n) is 29.3. The van der Waals surface area contributed by atoms with Crippen molar-refractivity contribution in [3.8, 4) is 0 Å². The highest BCUT2D eigenvalue weighted by atomic mass is 16.5. The molecule has 0 saturated heterocycles. The molecule has 0 aromatic heterocycles. The summed E-state index contributed by atoms with van der Waals surface area (Å²) in [6.07, 6.45) is 68.8. The molecule has 0 heterocycles. The van der Waals surface area contributed by atoms with Gasteiger partial charge in [0.2, 0.25) is 5.91 Å². The molecule has 0 aromatic rings. The quantitative estimate of drug-likeness (QED) is 0.0321. The molecule has 1 amide bonds. The SMILES string of the molecule is CCCCC/C=C\C/C=C\CCCCCCCC(=O)OCCCCCCCCCCCCCCCCCCCCCC(=O)NC(CO)C(O)/C=C/CCCCCCCCCCCCCCC. The fraction of sp³-hybridized carbons (Fsp3) is 0.867. The zero-order valence-corrected chi connectivity index (χ0v) is 44.2.